The monoisotopic (exact) mass is 77.1 g/mol. The Hall–Kier alpha value is 0.675. The maximum atomic E-state index is 3.19. The van der Waals surface area contributed by atoms with Gasteiger partial charge in [0.25, 0.3) is 0 Å². The van der Waals surface area contributed by atoms with Crippen LogP contribution in [0.4, 0.5) is 0 Å². The van der Waals surface area contributed by atoms with Gasteiger partial charge < -0.3 is 0 Å². The van der Waals surface area contributed by atoms with Gasteiger partial charge in [0, 0.05) is 0 Å². The van der Waals surface area contributed by atoms with Crippen molar-refractivity contribution in [1.82, 2.24) is 0 Å². The zero-order valence-corrected chi connectivity index (χ0v) is 4.78. The first kappa shape index (κ1) is 5.81. The van der Waals surface area contributed by atoms with E-state index in [2.05, 4.69) is 47.6 Å². The summed E-state index contributed by atoms with van der Waals surface area (Å²) in [5.41, 5.74) is 0. The first-order valence-corrected chi connectivity index (χ1v) is 2.55. The van der Waals surface area contributed by atoms with E-state index in [0.717, 1.165) is 6.42 Å². The summed E-state index contributed by atoms with van der Waals surface area (Å²) >= 11 is 4.22. The zero-order chi connectivity index (χ0) is 5.28. The summed E-state index contributed by atoms with van der Waals surface area (Å²) in [6.45, 7) is 0. The first-order chi connectivity index (χ1) is 3.30. The molecule has 0 saturated heterocycles. The zero-order valence-electron chi connectivity index (χ0n) is 4.78. The summed E-state index contributed by atoms with van der Waals surface area (Å²) in [5.74, 6) is 0. The van der Waals surface area contributed by atoms with Crippen molar-refractivity contribution in [3.05, 3.63) is 20.6 Å². The van der Waals surface area contributed by atoms with E-state index in [-0.39, 0.29) is 0 Å². The normalized spacial score (nSPS) is 19.4. The van der Waals surface area contributed by atoms with Crippen molar-refractivity contribution in [2.24, 2.45) is 0 Å². The van der Waals surface area contributed by atoms with Crippen LogP contribution in [0.1, 0.15) is 6.42 Å². The van der Waals surface area contributed by atoms with E-state index < -0.39 is 0 Å². The van der Waals surface area contributed by atoms with E-state index in [1.54, 1.807) is 0 Å². The van der Waals surface area contributed by atoms with Crippen LogP contribution in [0.2, 0.25) is 0 Å². The molecule has 1 aliphatic rings. The maximum absolute atomic E-state index is 3.19. The van der Waals surface area contributed by atoms with E-state index in [4.69, 9.17) is 0 Å². The van der Waals surface area contributed by atoms with E-state index in [1.165, 1.54) is 8.49 Å². The Kier molecular flexibility index (Phi) is 1.90. The minimum absolute atomic E-state index is 1.03. The molecule has 0 saturated carbocycles. The molecule has 0 bridgehead atoms. The molecule has 2 heteroatoms. The van der Waals surface area contributed by atoms with E-state index >= 15 is 0 Å². The van der Waals surface area contributed by atoms with Crippen LogP contribution in [-0.2, 0) is 0 Å². The van der Waals surface area contributed by atoms with Crippen LogP contribution in [0.3, 0.4) is 0 Å². The van der Waals surface area contributed by atoms with Crippen LogP contribution in [0, 0.1) is 6.08 Å². The Morgan fingerprint density at radius 2 is 2.29 bits per heavy atom. The molecule has 0 aromatic heterocycles. The molecule has 0 spiro atoms. The molecule has 0 atom stereocenters. The molecular formula is C5H3Li2. The van der Waals surface area contributed by atoms with Crippen LogP contribution in [0.25, 0.3) is 0 Å². The third-order valence-corrected chi connectivity index (χ3v) is 1.37. The van der Waals surface area contributed by atoms with Gasteiger partial charge in [-0.3, -0.25) is 0 Å². The van der Waals surface area contributed by atoms with Gasteiger partial charge in [-0.2, -0.15) is 0 Å². The van der Waals surface area contributed by atoms with Crippen molar-refractivity contribution >= 4 is 35.4 Å². The SMILES string of the molecule is [Li][C]1=[C]CC=[C]1[Li]. The van der Waals surface area contributed by atoms with Gasteiger partial charge in [-0.25, -0.2) is 0 Å². The quantitative estimate of drug-likeness (QED) is 0.365. The molecule has 0 unspecified atom stereocenters. The molecule has 0 fully saturated rings. The Morgan fingerprint density at radius 1 is 1.57 bits per heavy atom. The molecule has 0 nitrogen and oxygen atoms in total. The second-order valence-electron chi connectivity index (χ2n) is 1.89. The van der Waals surface area contributed by atoms with Crippen LogP contribution in [0.15, 0.2) is 14.6 Å². The average Bonchev–Trinajstić information content (AvgIpc) is 1.91. The van der Waals surface area contributed by atoms with Crippen LogP contribution in [0.5, 0.6) is 0 Å². The molecular weight excluding hydrogens is 73.9 g/mol. The molecule has 0 aromatic carbocycles. The molecule has 1 radical (unpaired) electrons. The summed E-state index contributed by atoms with van der Waals surface area (Å²) in [7, 11) is 0. The summed E-state index contributed by atoms with van der Waals surface area (Å²) in [4.78, 5) is 0. The van der Waals surface area contributed by atoms with E-state index in [0.29, 0.717) is 0 Å². The Labute approximate surface area is 62.5 Å². The molecule has 25 valence electrons. The van der Waals surface area contributed by atoms with Gasteiger partial charge >= 0.3 is 62.5 Å². The van der Waals surface area contributed by atoms with Crippen LogP contribution >= 0.6 is 0 Å². The molecule has 0 amide bonds. The molecule has 0 heterocycles. The van der Waals surface area contributed by atoms with Crippen LogP contribution in [-0.4, -0.2) is 35.4 Å². The fourth-order valence-corrected chi connectivity index (χ4v) is 0.650. The number of rotatable bonds is 0. The van der Waals surface area contributed by atoms with Gasteiger partial charge in [-0.1, -0.05) is 0 Å². The van der Waals surface area contributed by atoms with Gasteiger partial charge in [-0.15, -0.1) is 0 Å². The summed E-state index contributed by atoms with van der Waals surface area (Å²) in [6.07, 6.45) is 6.41. The Balaban J connectivity index is 2.78. The van der Waals surface area contributed by atoms with Gasteiger partial charge in [-0.05, 0) is 0 Å². The van der Waals surface area contributed by atoms with E-state index in [1.807, 2.05) is 0 Å². The number of hydrogen-bond acceptors (Lipinski definition) is 0. The Bertz CT molecular complexity index is 117. The molecule has 0 aliphatic heterocycles. The summed E-state index contributed by atoms with van der Waals surface area (Å²) < 4.78 is 2.71. The third kappa shape index (κ3) is 1.28. The fraction of sp³-hybridized carbons (Fsp3) is 0.200. The predicted molar refractivity (Wildman–Crippen MR) is 31.0 cm³/mol. The second kappa shape index (κ2) is 2.30. The van der Waals surface area contributed by atoms with Crippen molar-refractivity contribution < 1.29 is 0 Å². The molecule has 0 N–H and O–H groups in total. The standard InChI is InChI=1S/C5H3.2Li/c1-2-4-5-3-1;;/h1H,2H2;;. The van der Waals surface area contributed by atoms with Crippen molar-refractivity contribution in [2.75, 3.05) is 0 Å². The van der Waals surface area contributed by atoms with Gasteiger partial charge in [0.05, 0.1) is 0 Å². The average molecular weight is 77.0 g/mol. The van der Waals surface area contributed by atoms with Crippen molar-refractivity contribution in [1.29, 1.82) is 0 Å². The van der Waals surface area contributed by atoms with Crippen LogP contribution < -0.4 is 0 Å². The third-order valence-electron chi connectivity index (χ3n) is 1.37. The fourth-order valence-electron chi connectivity index (χ4n) is 0.650. The molecule has 1 rings (SSSR count). The summed E-state index contributed by atoms with van der Waals surface area (Å²) in [5, 5.41) is 0. The molecule has 0 aromatic rings. The van der Waals surface area contributed by atoms with Gasteiger partial charge in [0.2, 0.25) is 0 Å². The molecule has 7 heavy (non-hydrogen) atoms. The Morgan fingerprint density at radius 3 is 2.43 bits per heavy atom. The topological polar surface area (TPSA) is 0 Å². The van der Waals surface area contributed by atoms with Crippen molar-refractivity contribution in [3.63, 3.8) is 0 Å². The second-order valence-corrected chi connectivity index (χ2v) is 1.89. The first-order valence-electron chi connectivity index (χ1n) is 2.55. The van der Waals surface area contributed by atoms with E-state index in [9.17, 15) is 0 Å². The minimum atomic E-state index is 1.03. The van der Waals surface area contributed by atoms with Gasteiger partial charge in [0.1, 0.15) is 0 Å². The number of allylic oxidation sites excluding steroid dienone is 4. The predicted octanol–water partition coefficient (Wildman–Crippen LogP) is 0.298. The van der Waals surface area contributed by atoms with Crippen molar-refractivity contribution in [3.8, 4) is 0 Å². The van der Waals surface area contributed by atoms with Gasteiger partial charge in [0.15, 0.2) is 0 Å². The van der Waals surface area contributed by atoms with Crippen molar-refractivity contribution in [2.45, 2.75) is 6.42 Å². The molecule has 1 aliphatic carbocycles. The summed E-state index contributed by atoms with van der Waals surface area (Å²) in [6, 6.07) is 0. The number of hydrogen-bond donors (Lipinski definition) is 0.